The largest absolute Gasteiger partial charge is 0.353 e. The van der Waals surface area contributed by atoms with Gasteiger partial charge in [0.1, 0.15) is 5.82 Å². The van der Waals surface area contributed by atoms with Gasteiger partial charge in [-0.15, -0.1) is 0 Å². The summed E-state index contributed by atoms with van der Waals surface area (Å²) >= 11 is 5.93. The predicted octanol–water partition coefficient (Wildman–Crippen LogP) is 2.99. The van der Waals surface area contributed by atoms with Gasteiger partial charge >= 0.3 is 0 Å². The molecular formula is C19H19ClN4O. The van der Waals surface area contributed by atoms with E-state index in [0.29, 0.717) is 17.4 Å². The van der Waals surface area contributed by atoms with E-state index in [1.807, 2.05) is 31.4 Å². The third kappa shape index (κ3) is 3.25. The van der Waals surface area contributed by atoms with Crippen molar-refractivity contribution in [3.8, 4) is 11.4 Å². The predicted molar refractivity (Wildman–Crippen MR) is 98.5 cm³/mol. The van der Waals surface area contributed by atoms with E-state index in [1.54, 1.807) is 12.1 Å². The summed E-state index contributed by atoms with van der Waals surface area (Å²) in [5, 5.41) is 0.667. The van der Waals surface area contributed by atoms with Gasteiger partial charge in [-0.2, -0.15) is 0 Å². The summed E-state index contributed by atoms with van der Waals surface area (Å²) in [7, 11) is 2.04. The van der Waals surface area contributed by atoms with Gasteiger partial charge in [-0.25, -0.2) is 4.98 Å². The number of benzene rings is 1. The van der Waals surface area contributed by atoms with Crippen LogP contribution in [0.15, 0.2) is 47.4 Å². The Labute approximate surface area is 150 Å². The number of rotatable bonds is 3. The van der Waals surface area contributed by atoms with Crippen LogP contribution in [-0.4, -0.2) is 26.0 Å². The van der Waals surface area contributed by atoms with Gasteiger partial charge in [0.15, 0.2) is 0 Å². The van der Waals surface area contributed by atoms with Crippen molar-refractivity contribution in [2.24, 2.45) is 7.05 Å². The quantitative estimate of drug-likeness (QED) is 0.786. The molecule has 0 spiro atoms. The molecule has 1 aliphatic heterocycles. The Morgan fingerprint density at radius 2 is 2.04 bits per heavy atom. The van der Waals surface area contributed by atoms with Crippen LogP contribution in [0, 0.1) is 0 Å². The highest BCUT2D eigenvalue weighted by Gasteiger charge is 2.22. The molecule has 4 rings (SSSR count). The number of hydrogen-bond acceptors (Lipinski definition) is 3. The Bertz CT molecular complexity index is 958. The molecule has 25 heavy (non-hydrogen) atoms. The summed E-state index contributed by atoms with van der Waals surface area (Å²) < 4.78 is 2.11. The van der Waals surface area contributed by atoms with Crippen molar-refractivity contribution >= 4 is 11.6 Å². The minimum Gasteiger partial charge on any atom is -0.353 e. The maximum absolute atomic E-state index is 12.6. The van der Waals surface area contributed by atoms with Crippen molar-refractivity contribution in [3.63, 3.8) is 0 Å². The molecule has 0 radical (unpaired) electrons. The zero-order chi connectivity index (χ0) is 17.4. The molecule has 0 fully saturated rings. The van der Waals surface area contributed by atoms with Crippen LogP contribution < -0.4 is 5.56 Å². The first-order chi connectivity index (χ1) is 12.1. The van der Waals surface area contributed by atoms with Crippen molar-refractivity contribution in [2.75, 3.05) is 6.54 Å². The molecule has 2 aromatic heterocycles. The fourth-order valence-corrected chi connectivity index (χ4v) is 3.38. The molecule has 6 heteroatoms. The van der Waals surface area contributed by atoms with Crippen LogP contribution in [-0.2, 0) is 26.6 Å². The van der Waals surface area contributed by atoms with E-state index in [2.05, 4.69) is 20.5 Å². The van der Waals surface area contributed by atoms with Crippen molar-refractivity contribution < 1.29 is 0 Å². The average Bonchev–Trinajstić information content (AvgIpc) is 3.01. The Morgan fingerprint density at radius 3 is 2.76 bits per heavy atom. The highest BCUT2D eigenvalue weighted by Crippen LogP contribution is 2.21. The molecule has 0 saturated heterocycles. The standard InChI is InChI=1S/C19H19ClN4O/c1-23-9-2-3-15(23)11-24-10-8-17-16(12-24)19(25)22-18(21-17)13-4-6-14(20)7-5-13/h2-7,9H,8,10-12H2,1H3,(H,21,22,25). The van der Waals surface area contributed by atoms with Crippen LogP contribution in [0.3, 0.4) is 0 Å². The van der Waals surface area contributed by atoms with Crippen molar-refractivity contribution in [3.05, 3.63) is 74.9 Å². The van der Waals surface area contributed by atoms with E-state index in [0.717, 1.165) is 36.3 Å². The molecule has 5 nitrogen and oxygen atoms in total. The minimum absolute atomic E-state index is 0.0495. The normalized spacial score (nSPS) is 14.5. The zero-order valence-corrected chi connectivity index (χ0v) is 14.8. The highest BCUT2D eigenvalue weighted by atomic mass is 35.5. The van der Waals surface area contributed by atoms with Crippen molar-refractivity contribution in [2.45, 2.75) is 19.5 Å². The van der Waals surface area contributed by atoms with Gasteiger partial charge in [-0.05, 0) is 36.4 Å². The number of nitrogens with zero attached hydrogens (tertiary/aromatic N) is 3. The Morgan fingerprint density at radius 1 is 1.24 bits per heavy atom. The lowest BCUT2D eigenvalue weighted by Gasteiger charge is -2.27. The zero-order valence-electron chi connectivity index (χ0n) is 14.0. The molecule has 1 N–H and O–H groups in total. The maximum Gasteiger partial charge on any atom is 0.255 e. The van der Waals surface area contributed by atoms with Crippen LogP contribution in [0.1, 0.15) is 17.0 Å². The number of halogens is 1. The van der Waals surface area contributed by atoms with Gasteiger partial charge in [0.05, 0.1) is 11.3 Å². The molecule has 128 valence electrons. The molecule has 3 aromatic rings. The summed E-state index contributed by atoms with van der Waals surface area (Å²) in [5.41, 5.74) is 3.74. The molecule has 0 saturated carbocycles. The number of aryl methyl sites for hydroxylation is 1. The number of fused-ring (bicyclic) bond motifs is 1. The highest BCUT2D eigenvalue weighted by molar-refractivity contribution is 6.30. The van der Waals surface area contributed by atoms with Gasteiger partial charge in [0, 0.05) is 55.6 Å². The first-order valence-corrected chi connectivity index (χ1v) is 8.68. The monoisotopic (exact) mass is 354 g/mol. The lowest BCUT2D eigenvalue weighted by molar-refractivity contribution is 0.237. The average molecular weight is 355 g/mol. The molecule has 3 heterocycles. The second-order valence-electron chi connectivity index (χ2n) is 6.42. The van der Waals surface area contributed by atoms with Crippen LogP contribution in [0.5, 0.6) is 0 Å². The third-order valence-corrected chi connectivity index (χ3v) is 4.95. The van der Waals surface area contributed by atoms with E-state index in [-0.39, 0.29) is 5.56 Å². The van der Waals surface area contributed by atoms with Gasteiger partial charge in [-0.3, -0.25) is 9.69 Å². The van der Waals surface area contributed by atoms with Gasteiger partial charge in [0.25, 0.3) is 5.56 Å². The van der Waals surface area contributed by atoms with Crippen LogP contribution in [0.4, 0.5) is 0 Å². The molecule has 0 amide bonds. The van der Waals surface area contributed by atoms with E-state index in [4.69, 9.17) is 16.6 Å². The topological polar surface area (TPSA) is 53.9 Å². The second-order valence-corrected chi connectivity index (χ2v) is 6.85. The lowest BCUT2D eigenvalue weighted by atomic mass is 10.1. The molecule has 0 bridgehead atoms. The molecule has 1 aliphatic rings. The summed E-state index contributed by atoms with van der Waals surface area (Å²) in [4.78, 5) is 22.5. The van der Waals surface area contributed by atoms with E-state index < -0.39 is 0 Å². The van der Waals surface area contributed by atoms with Crippen molar-refractivity contribution in [1.29, 1.82) is 0 Å². The van der Waals surface area contributed by atoms with Gasteiger partial charge < -0.3 is 9.55 Å². The summed E-state index contributed by atoms with van der Waals surface area (Å²) in [5.74, 6) is 0.608. The summed E-state index contributed by atoms with van der Waals surface area (Å²) in [6.07, 6.45) is 2.82. The lowest BCUT2D eigenvalue weighted by Crippen LogP contribution is -2.35. The minimum atomic E-state index is -0.0495. The first-order valence-electron chi connectivity index (χ1n) is 8.31. The summed E-state index contributed by atoms with van der Waals surface area (Å²) in [6, 6.07) is 11.5. The molecule has 0 aliphatic carbocycles. The molecular weight excluding hydrogens is 336 g/mol. The fraction of sp³-hybridized carbons (Fsp3) is 0.263. The molecule has 0 atom stereocenters. The van der Waals surface area contributed by atoms with Gasteiger partial charge in [-0.1, -0.05) is 11.6 Å². The first kappa shape index (κ1) is 16.1. The number of hydrogen-bond donors (Lipinski definition) is 1. The van der Waals surface area contributed by atoms with Crippen LogP contribution >= 0.6 is 11.6 Å². The number of nitrogens with one attached hydrogen (secondary N) is 1. The molecule has 0 unspecified atom stereocenters. The van der Waals surface area contributed by atoms with Gasteiger partial charge in [0.2, 0.25) is 0 Å². The second kappa shape index (κ2) is 6.50. The Kier molecular flexibility index (Phi) is 4.19. The third-order valence-electron chi connectivity index (χ3n) is 4.70. The Hall–Kier alpha value is -2.37. The van der Waals surface area contributed by atoms with Crippen LogP contribution in [0.2, 0.25) is 5.02 Å². The van der Waals surface area contributed by atoms with E-state index >= 15 is 0 Å². The van der Waals surface area contributed by atoms with E-state index in [9.17, 15) is 4.79 Å². The number of H-pyrrole nitrogens is 1. The molecule has 1 aromatic carbocycles. The summed E-state index contributed by atoms with van der Waals surface area (Å²) in [6.45, 7) is 2.36. The Balaban J connectivity index is 1.60. The fourth-order valence-electron chi connectivity index (χ4n) is 3.25. The smallest absolute Gasteiger partial charge is 0.255 e. The number of aromatic nitrogens is 3. The number of aromatic amines is 1. The van der Waals surface area contributed by atoms with E-state index in [1.165, 1.54) is 5.69 Å². The van der Waals surface area contributed by atoms with Crippen molar-refractivity contribution in [1.82, 2.24) is 19.4 Å². The maximum atomic E-state index is 12.6. The SMILES string of the molecule is Cn1cccc1CN1CCc2nc(-c3ccc(Cl)cc3)[nH]c(=O)c2C1. The van der Waals surface area contributed by atoms with Crippen LogP contribution in [0.25, 0.3) is 11.4 Å².